The predicted octanol–water partition coefficient (Wildman–Crippen LogP) is 1.77. The molecule has 144 valence electrons. The van der Waals surface area contributed by atoms with Crippen LogP contribution in [0.3, 0.4) is 0 Å². The summed E-state index contributed by atoms with van der Waals surface area (Å²) in [6.07, 6.45) is 2.19. The molecule has 1 N–H and O–H groups in total. The summed E-state index contributed by atoms with van der Waals surface area (Å²) >= 11 is 0. The lowest BCUT2D eigenvalue weighted by Crippen LogP contribution is -2.49. The van der Waals surface area contributed by atoms with Gasteiger partial charge in [-0.2, -0.15) is 0 Å². The summed E-state index contributed by atoms with van der Waals surface area (Å²) in [6, 6.07) is 5.43. The summed E-state index contributed by atoms with van der Waals surface area (Å²) in [6.45, 7) is 4.95. The highest BCUT2D eigenvalue weighted by Gasteiger charge is 2.44. The van der Waals surface area contributed by atoms with Crippen LogP contribution in [-0.2, 0) is 14.3 Å². The number of nitrogens with one attached hydrogen (secondary N) is 1. The maximum absolute atomic E-state index is 12.6. The van der Waals surface area contributed by atoms with E-state index in [0.29, 0.717) is 5.92 Å². The quantitative estimate of drug-likeness (QED) is 0.582. The number of fused-ring (bicyclic) bond motifs is 1. The van der Waals surface area contributed by atoms with Crippen LogP contribution in [0.4, 0.5) is 0 Å². The van der Waals surface area contributed by atoms with Crippen LogP contribution in [0.1, 0.15) is 54.3 Å². The number of esters is 1. The molecule has 2 aliphatic rings. The van der Waals surface area contributed by atoms with Crippen LogP contribution < -0.4 is 5.32 Å². The monoisotopic (exact) mass is 372 g/mol. The van der Waals surface area contributed by atoms with E-state index in [2.05, 4.69) is 5.32 Å². The first-order chi connectivity index (χ1) is 12.8. The van der Waals surface area contributed by atoms with Crippen molar-refractivity contribution in [3.63, 3.8) is 0 Å². The van der Waals surface area contributed by atoms with Crippen LogP contribution >= 0.6 is 0 Å². The zero-order chi connectivity index (χ0) is 19.7. The van der Waals surface area contributed by atoms with E-state index in [1.54, 1.807) is 38.1 Å². The lowest BCUT2D eigenvalue weighted by atomic mass is 10.0. The minimum atomic E-state index is -1.08. The largest absolute Gasteiger partial charge is 0.454 e. The van der Waals surface area contributed by atoms with Gasteiger partial charge in [0.25, 0.3) is 17.7 Å². The normalized spacial score (nSPS) is 18.3. The molecule has 0 saturated heterocycles. The fourth-order valence-electron chi connectivity index (χ4n) is 3.37. The van der Waals surface area contributed by atoms with Gasteiger partial charge in [0.2, 0.25) is 0 Å². The lowest BCUT2D eigenvalue weighted by Gasteiger charge is -2.27. The minimum absolute atomic E-state index is 0.0494. The topological polar surface area (TPSA) is 92.8 Å². The smallest absolute Gasteiger partial charge is 0.330 e. The molecule has 1 saturated carbocycles. The summed E-state index contributed by atoms with van der Waals surface area (Å²) in [5, 5.41) is 2.80. The Hall–Kier alpha value is -2.70. The molecular weight excluding hydrogens is 348 g/mol. The van der Waals surface area contributed by atoms with E-state index < -0.39 is 30.4 Å². The third-order valence-electron chi connectivity index (χ3n) is 5.04. The molecule has 7 nitrogen and oxygen atoms in total. The van der Waals surface area contributed by atoms with Gasteiger partial charge < -0.3 is 10.1 Å². The SMILES string of the molecule is CC(C)[C@@H](C(=O)OCC(=O)N[C@H](C)C1CC1)N1C(=O)c2ccccc2C1=O. The van der Waals surface area contributed by atoms with Crippen LogP contribution in [0.25, 0.3) is 0 Å². The molecule has 0 unspecified atom stereocenters. The van der Waals surface area contributed by atoms with E-state index >= 15 is 0 Å². The van der Waals surface area contributed by atoms with Crippen LogP contribution in [0.2, 0.25) is 0 Å². The third-order valence-corrected chi connectivity index (χ3v) is 5.04. The Balaban J connectivity index is 1.67. The van der Waals surface area contributed by atoms with Gasteiger partial charge in [-0.25, -0.2) is 4.79 Å². The summed E-state index contributed by atoms with van der Waals surface area (Å²) in [5.41, 5.74) is 0.550. The van der Waals surface area contributed by atoms with Crippen molar-refractivity contribution < 1.29 is 23.9 Å². The average molecular weight is 372 g/mol. The highest BCUT2D eigenvalue weighted by atomic mass is 16.5. The third kappa shape index (κ3) is 3.86. The number of benzene rings is 1. The van der Waals surface area contributed by atoms with Gasteiger partial charge in [-0.05, 0) is 43.7 Å². The number of carbonyl (C=O) groups is 4. The van der Waals surface area contributed by atoms with Gasteiger partial charge in [0, 0.05) is 6.04 Å². The van der Waals surface area contributed by atoms with E-state index in [9.17, 15) is 19.2 Å². The standard InChI is InChI=1S/C20H24N2O5/c1-11(2)17(20(26)27-10-16(23)21-12(3)13-8-9-13)22-18(24)14-6-4-5-7-15(14)19(22)25/h4-7,11-13,17H,8-10H2,1-3H3,(H,21,23)/t12-,17+/m1/s1. The first-order valence-electron chi connectivity index (χ1n) is 9.24. The Bertz CT molecular complexity index is 749. The van der Waals surface area contributed by atoms with Crippen molar-refractivity contribution in [2.75, 3.05) is 6.61 Å². The van der Waals surface area contributed by atoms with Crippen molar-refractivity contribution in [3.05, 3.63) is 35.4 Å². The van der Waals surface area contributed by atoms with Crippen molar-refractivity contribution in [2.45, 2.75) is 45.7 Å². The summed E-state index contributed by atoms with van der Waals surface area (Å²) < 4.78 is 5.14. The number of imide groups is 1. The maximum Gasteiger partial charge on any atom is 0.330 e. The molecule has 1 aromatic carbocycles. The number of hydrogen-bond donors (Lipinski definition) is 1. The highest BCUT2D eigenvalue weighted by Crippen LogP contribution is 2.32. The molecule has 1 fully saturated rings. The summed E-state index contributed by atoms with van der Waals surface area (Å²) in [4.78, 5) is 50.8. The van der Waals surface area contributed by atoms with Crippen LogP contribution in [-0.4, -0.2) is 47.3 Å². The highest BCUT2D eigenvalue weighted by molar-refractivity contribution is 6.22. The van der Waals surface area contributed by atoms with E-state index in [1.807, 2.05) is 6.92 Å². The lowest BCUT2D eigenvalue weighted by molar-refractivity contribution is -0.153. The molecule has 0 radical (unpaired) electrons. The summed E-state index contributed by atoms with van der Waals surface area (Å²) in [5.74, 6) is -2.03. The predicted molar refractivity (Wildman–Crippen MR) is 96.9 cm³/mol. The molecule has 7 heteroatoms. The van der Waals surface area contributed by atoms with Crippen molar-refractivity contribution in [2.24, 2.45) is 11.8 Å². The molecule has 3 rings (SSSR count). The molecule has 0 aromatic heterocycles. The van der Waals surface area contributed by atoms with Gasteiger partial charge in [-0.15, -0.1) is 0 Å². The van der Waals surface area contributed by atoms with E-state index in [0.717, 1.165) is 17.7 Å². The number of ether oxygens (including phenoxy) is 1. The molecule has 1 aliphatic heterocycles. The molecule has 0 spiro atoms. The van der Waals surface area contributed by atoms with Gasteiger partial charge in [0.1, 0.15) is 6.04 Å². The second kappa shape index (κ2) is 7.50. The second-order valence-corrected chi connectivity index (χ2v) is 7.52. The molecule has 1 aromatic rings. The fraction of sp³-hybridized carbons (Fsp3) is 0.500. The Kier molecular flexibility index (Phi) is 5.30. The number of hydrogen-bond acceptors (Lipinski definition) is 5. The Labute approximate surface area is 158 Å². The van der Waals surface area contributed by atoms with E-state index in [4.69, 9.17) is 4.74 Å². The number of amides is 3. The Morgan fingerprint density at radius 2 is 1.67 bits per heavy atom. The van der Waals surface area contributed by atoms with Gasteiger partial charge in [-0.3, -0.25) is 19.3 Å². The molecule has 27 heavy (non-hydrogen) atoms. The van der Waals surface area contributed by atoms with Crippen LogP contribution in [0, 0.1) is 11.8 Å². The first-order valence-corrected chi connectivity index (χ1v) is 9.24. The first kappa shape index (κ1) is 19.1. The van der Waals surface area contributed by atoms with Crippen molar-refractivity contribution in [1.82, 2.24) is 10.2 Å². The second-order valence-electron chi connectivity index (χ2n) is 7.52. The van der Waals surface area contributed by atoms with Gasteiger partial charge in [0.05, 0.1) is 11.1 Å². The summed E-state index contributed by atoms with van der Waals surface area (Å²) in [7, 11) is 0. The van der Waals surface area contributed by atoms with Gasteiger partial charge in [0.15, 0.2) is 6.61 Å². The van der Waals surface area contributed by atoms with Gasteiger partial charge in [-0.1, -0.05) is 26.0 Å². The molecule has 0 bridgehead atoms. The van der Waals surface area contributed by atoms with Crippen molar-refractivity contribution in [1.29, 1.82) is 0 Å². The minimum Gasteiger partial charge on any atom is -0.454 e. The average Bonchev–Trinajstić information content (AvgIpc) is 3.44. The van der Waals surface area contributed by atoms with Crippen molar-refractivity contribution >= 4 is 23.7 Å². The van der Waals surface area contributed by atoms with Crippen LogP contribution in [0.15, 0.2) is 24.3 Å². The number of nitrogens with zero attached hydrogens (tertiary/aromatic N) is 1. The number of rotatable bonds is 7. The Morgan fingerprint density at radius 3 is 2.15 bits per heavy atom. The zero-order valence-electron chi connectivity index (χ0n) is 15.7. The molecular formula is C20H24N2O5. The van der Waals surface area contributed by atoms with E-state index in [1.165, 1.54) is 0 Å². The molecule has 3 amide bonds. The Morgan fingerprint density at radius 1 is 1.11 bits per heavy atom. The number of carbonyl (C=O) groups excluding carboxylic acids is 4. The van der Waals surface area contributed by atoms with Crippen molar-refractivity contribution in [3.8, 4) is 0 Å². The molecule has 2 atom stereocenters. The zero-order valence-corrected chi connectivity index (χ0v) is 15.7. The maximum atomic E-state index is 12.6. The van der Waals surface area contributed by atoms with E-state index in [-0.39, 0.29) is 29.0 Å². The van der Waals surface area contributed by atoms with Gasteiger partial charge >= 0.3 is 5.97 Å². The molecule has 1 aliphatic carbocycles. The fourth-order valence-corrected chi connectivity index (χ4v) is 3.37. The molecule has 1 heterocycles. The van der Waals surface area contributed by atoms with Crippen LogP contribution in [0.5, 0.6) is 0 Å².